The largest absolute Gasteiger partial charge is 0.379 e. The van der Waals surface area contributed by atoms with Gasteiger partial charge in [0.05, 0.1) is 13.2 Å². The molecule has 1 aromatic heterocycles. The van der Waals surface area contributed by atoms with Gasteiger partial charge in [0.25, 0.3) is 10.0 Å². The molecule has 1 rings (SSSR count). The summed E-state index contributed by atoms with van der Waals surface area (Å²) in [5, 5.41) is 0.0785. The quantitative estimate of drug-likeness (QED) is 0.597. The number of aromatic nitrogens is 1. The van der Waals surface area contributed by atoms with E-state index in [-0.39, 0.29) is 13.2 Å². The van der Waals surface area contributed by atoms with Crippen molar-refractivity contribution in [3.63, 3.8) is 0 Å². The Hall–Kier alpha value is -0.570. The maximum atomic E-state index is 13.2. The first-order chi connectivity index (χ1) is 8.08. The lowest BCUT2D eigenvalue weighted by Gasteiger charge is -2.06. The van der Waals surface area contributed by atoms with Gasteiger partial charge < -0.3 is 4.74 Å². The van der Waals surface area contributed by atoms with Crippen molar-refractivity contribution in [2.75, 3.05) is 25.1 Å². The highest BCUT2D eigenvalue weighted by molar-refractivity contribution is 9.09. The molecule has 0 amide bonds. The maximum absolute atomic E-state index is 13.2. The molecule has 17 heavy (non-hydrogen) atoms. The number of nitrogens with zero attached hydrogens (tertiary/aromatic N) is 1. The van der Waals surface area contributed by atoms with Gasteiger partial charge in [-0.3, -0.25) is 0 Å². The van der Waals surface area contributed by atoms with E-state index in [1.165, 1.54) is 12.3 Å². The minimum absolute atomic E-state index is 0.0747. The predicted molar refractivity (Wildman–Crippen MR) is 64.0 cm³/mol. The third kappa shape index (κ3) is 4.66. The van der Waals surface area contributed by atoms with E-state index in [0.29, 0.717) is 11.9 Å². The molecule has 0 radical (unpaired) electrons. The van der Waals surface area contributed by atoms with Crippen molar-refractivity contribution >= 4 is 26.0 Å². The fraction of sp³-hybridized carbons (Fsp3) is 0.444. The smallest absolute Gasteiger partial charge is 0.261 e. The molecule has 0 saturated carbocycles. The van der Waals surface area contributed by atoms with Gasteiger partial charge in [-0.25, -0.2) is 22.5 Å². The van der Waals surface area contributed by atoms with Crippen LogP contribution in [0.4, 0.5) is 4.39 Å². The van der Waals surface area contributed by atoms with Crippen LogP contribution in [0.2, 0.25) is 0 Å². The van der Waals surface area contributed by atoms with E-state index in [9.17, 15) is 12.8 Å². The lowest BCUT2D eigenvalue weighted by molar-refractivity contribution is 0.156. The molecule has 0 spiro atoms. The van der Waals surface area contributed by atoms with Crippen molar-refractivity contribution in [2.24, 2.45) is 0 Å². The second-order valence-electron chi connectivity index (χ2n) is 2.99. The van der Waals surface area contributed by atoms with Crippen LogP contribution in [0, 0.1) is 5.82 Å². The second-order valence-corrected chi connectivity index (χ2v) is 5.46. The molecule has 5 nitrogen and oxygen atoms in total. The van der Waals surface area contributed by atoms with Gasteiger partial charge in [0.15, 0.2) is 5.82 Å². The number of sulfonamides is 1. The molecule has 1 aromatic rings. The van der Waals surface area contributed by atoms with Gasteiger partial charge in [-0.15, -0.1) is 0 Å². The average Bonchev–Trinajstić information content (AvgIpc) is 2.29. The van der Waals surface area contributed by atoms with Crippen LogP contribution in [0.25, 0.3) is 0 Å². The van der Waals surface area contributed by atoms with Crippen molar-refractivity contribution in [2.45, 2.75) is 5.03 Å². The fourth-order valence-electron chi connectivity index (χ4n) is 1.04. The Bertz CT molecular complexity index is 455. The molecule has 0 saturated heterocycles. The molecule has 0 aliphatic heterocycles. The van der Waals surface area contributed by atoms with Crippen LogP contribution in [-0.4, -0.2) is 38.5 Å². The lowest BCUT2D eigenvalue weighted by atomic mass is 10.5. The highest BCUT2D eigenvalue weighted by Crippen LogP contribution is 2.08. The lowest BCUT2D eigenvalue weighted by Crippen LogP contribution is -2.29. The summed E-state index contributed by atoms with van der Waals surface area (Å²) in [7, 11) is -3.91. The third-order valence-corrected chi connectivity index (χ3v) is 3.46. The molecule has 0 fully saturated rings. The van der Waals surface area contributed by atoms with Crippen molar-refractivity contribution in [1.29, 1.82) is 0 Å². The normalized spacial score (nSPS) is 11.6. The summed E-state index contributed by atoms with van der Waals surface area (Å²) in [6.45, 7) is 0.782. The number of hydrogen-bond donors (Lipinski definition) is 1. The van der Waals surface area contributed by atoms with Crippen LogP contribution < -0.4 is 4.72 Å². The van der Waals surface area contributed by atoms with Crippen LogP contribution in [0.5, 0.6) is 0 Å². The summed E-state index contributed by atoms with van der Waals surface area (Å²) >= 11 is 3.16. The molecule has 0 bridgehead atoms. The standard InChI is InChI=1S/C9H12BrFN2O3S/c10-3-6-16-7-5-13-17(14,15)9-8(11)2-1-4-12-9/h1-2,4,13H,3,5-7H2. The number of nitrogens with one attached hydrogen (secondary N) is 1. The molecule has 0 aliphatic rings. The number of rotatable bonds is 7. The van der Waals surface area contributed by atoms with Crippen LogP contribution in [-0.2, 0) is 14.8 Å². The van der Waals surface area contributed by atoms with E-state index in [1.54, 1.807) is 0 Å². The van der Waals surface area contributed by atoms with Crippen LogP contribution >= 0.6 is 15.9 Å². The molecular weight excluding hydrogens is 315 g/mol. The van der Waals surface area contributed by atoms with E-state index in [2.05, 4.69) is 25.6 Å². The molecule has 0 aliphatic carbocycles. The average molecular weight is 327 g/mol. The summed E-state index contributed by atoms with van der Waals surface area (Å²) in [5.74, 6) is -0.874. The fourth-order valence-corrected chi connectivity index (χ4v) is 2.28. The Balaban J connectivity index is 2.55. The summed E-state index contributed by atoms with van der Waals surface area (Å²) in [5.41, 5.74) is 0. The first-order valence-corrected chi connectivity index (χ1v) is 7.42. The number of hydrogen-bond acceptors (Lipinski definition) is 4. The van der Waals surface area contributed by atoms with Gasteiger partial charge in [-0.2, -0.15) is 0 Å². The van der Waals surface area contributed by atoms with Crippen LogP contribution in [0.3, 0.4) is 0 Å². The zero-order valence-electron chi connectivity index (χ0n) is 8.90. The highest BCUT2D eigenvalue weighted by atomic mass is 79.9. The van der Waals surface area contributed by atoms with Crippen LogP contribution in [0.15, 0.2) is 23.4 Å². The van der Waals surface area contributed by atoms with E-state index < -0.39 is 20.9 Å². The predicted octanol–water partition coefficient (Wildman–Crippen LogP) is 0.910. The Morgan fingerprint density at radius 1 is 1.47 bits per heavy atom. The topological polar surface area (TPSA) is 68.3 Å². The number of pyridine rings is 1. The van der Waals surface area contributed by atoms with Gasteiger partial charge >= 0.3 is 0 Å². The van der Waals surface area contributed by atoms with Gasteiger partial charge in [0.1, 0.15) is 0 Å². The Labute approximate surface area is 108 Å². The van der Waals surface area contributed by atoms with Gasteiger partial charge in [-0.1, -0.05) is 15.9 Å². The summed E-state index contributed by atoms with van der Waals surface area (Å²) in [6, 6.07) is 2.37. The second kappa shape index (κ2) is 7.00. The molecule has 1 heterocycles. The van der Waals surface area contributed by atoms with E-state index >= 15 is 0 Å². The zero-order chi connectivity index (χ0) is 12.7. The monoisotopic (exact) mass is 326 g/mol. The summed E-state index contributed by atoms with van der Waals surface area (Å²) in [4.78, 5) is 3.49. The first kappa shape index (κ1) is 14.5. The van der Waals surface area contributed by atoms with Gasteiger partial charge in [0, 0.05) is 18.1 Å². The van der Waals surface area contributed by atoms with E-state index in [4.69, 9.17) is 4.74 Å². The number of alkyl halides is 1. The zero-order valence-corrected chi connectivity index (χ0v) is 11.3. The molecule has 0 aromatic carbocycles. The number of halogens is 2. The van der Waals surface area contributed by atoms with E-state index in [0.717, 1.165) is 6.07 Å². The Morgan fingerprint density at radius 2 is 2.24 bits per heavy atom. The summed E-state index contributed by atoms with van der Waals surface area (Å²) in [6.07, 6.45) is 1.22. The molecule has 0 unspecified atom stereocenters. The Morgan fingerprint density at radius 3 is 2.88 bits per heavy atom. The van der Waals surface area contributed by atoms with Crippen molar-refractivity contribution in [3.05, 3.63) is 24.1 Å². The number of ether oxygens (including phenoxy) is 1. The van der Waals surface area contributed by atoms with Crippen LogP contribution in [0.1, 0.15) is 0 Å². The van der Waals surface area contributed by atoms with E-state index in [1.807, 2.05) is 0 Å². The minimum atomic E-state index is -3.91. The molecule has 8 heteroatoms. The maximum Gasteiger partial charge on any atom is 0.261 e. The first-order valence-electron chi connectivity index (χ1n) is 4.82. The Kier molecular flexibility index (Phi) is 5.96. The third-order valence-electron chi connectivity index (χ3n) is 1.74. The van der Waals surface area contributed by atoms with Crippen molar-refractivity contribution < 1.29 is 17.5 Å². The van der Waals surface area contributed by atoms with Crippen molar-refractivity contribution in [3.8, 4) is 0 Å². The van der Waals surface area contributed by atoms with Crippen molar-refractivity contribution in [1.82, 2.24) is 9.71 Å². The SMILES string of the molecule is O=S(=O)(NCCOCCBr)c1ncccc1F. The summed E-state index contributed by atoms with van der Waals surface area (Å²) < 4.78 is 43.7. The minimum Gasteiger partial charge on any atom is -0.379 e. The molecule has 0 atom stereocenters. The molecule has 96 valence electrons. The van der Waals surface area contributed by atoms with Gasteiger partial charge in [0.2, 0.25) is 5.03 Å². The molecular formula is C9H12BrFN2O3S. The highest BCUT2D eigenvalue weighted by Gasteiger charge is 2.19. The van der Waals surface area contributed by atoms with Gasteiger partial charge in [-0.05, 0) is 12.1 Å². The molecule has 1 N–H and O–H groups in total.